The van der Waals surface area contributed by atoms with Crippen molar-refractivity contribution in [1.29, 1.82) is 0 Å². The fourth-order valence-electron chi connectivity index (χ4n) is 2.39. The zero-order valence-corrected chi connectivity index (χ0v) is 11.9. The number of rotatable bonds is 4. The van der Waals surface area contributed by atoms with E-state index in [1.54, 1.807) is 6.20 Å². The van der Waals surface area contributed by atoms with Crippen molar-refractivity contribution in [2.75, 3.05) is 5.32 Å². The van der Waals surface area contributed by atoms with E-state index in [0.717, 1.165) is 24.2 Å². The highest BCUT2D eigenvalue weighted by molar-refractivity contribution is 5.95. The molecule has 2 heterocycles. The van der Waals surface area contributed by atoms with Crippen LogP contribution in [0, 0.1) is 0 Å². The van der Waals surface area contributed by atoms with Crippen molar-refractivity contribution in [3.8, 4) is 0 Å². The van der Waals surface area contributed by atoms with Crippen LogP contribution in [0.3, 0.4) is 0 Å². The quantitative estimate of drug-likeness (QED) is 0.787. The Morgan fingerprint density at radius 2 is 2.19 bits per heavy atom. The monoisotopic (exact) mass is 285 g/mol. The van der Waals surface area contributed by atoms with E-state index in [9.17, 15) is 4.79 Å². The molecule has 1 aromatic heterocycles. The molecule has 0 saturated carbocycles. The molecule has 110 valence electrons. The van der Waals surface area contributed by atoms with Gasteiger partial charge in [0.2, 0.25) is 5.91 Å². The van der Waals surface area contributed by atoms with E-state index in [2.05, 4.69) is 21.3 Å². The third-order valence-corrected chi connectivity index (χ3v) is 3.53. The van der Waals surface area contributed by atoms with Gasteiger partial charge >= 0.3 is 0 Å². The predicted molar refractivity (Wildman–Crippen MR) is 80.5 cm³/mol. The number of carbonyl (C=O) groups excluding carboxylic acids is 1. The van der Waals surface area contributed by atoms with E-state index in [1.807, 2.05) is 48.1 Å². The molecule has 21 heavy (non-hydrogen) atoms. The zero-order chi connectivity index (χ0) is 14.7. The summed E-state index contributed by atoms with van der Waals surface area (Å²) < 4.78 is 1.86. The Balaban J connectivity index is 1.58. The average molecular weight is 285 g/mol. The van der Waals surface area contributed by atoms with Crippen LogP contribution in [0.1, 0.15) is 18.9 Å². The van der Waals surface area contributed by atoms with Gasteiger partial charge in [-0.3, -0.25) is 14.9 Å². The van der Waals surface area contributed by atoms with Crippen molar-refractivity contribution in [3.05, 3.63) is 48.3 Å². The minimum atomic E-state index is -0.177. The fraction of sp³-hybridized carbons (Fsp3) is 0.333. The minimum Gasteiger partial charge on any atom is -0.325 e. The van der Waals surface area contributed by atoms with Crippen LogP contribution in [0.2, 0.25) is 0 Å². The molecule has 6 nitrogen and oxygen atoms in total. The summed E-state index contributed by atoms with van der Waals surface area (Å²) in [5, 5.41) is 7.10. The molecule has 1 aliphatic heterocycles. The predicted octanol–water partition coefficient (Wildman–Crippen LogP) is 1.12. The molecule has 1 amide bonds. The highest BCUT2D eigenvalue weighted by Crippen LogP contribution is 2.12. The summed E-state index contributed by atoms with van der Waals surface area (Å²) in [6.07, 6.45) is 4.48. The van der Waals surface area contributed by atoms with Crippen LogP contribution >= 0.6 is 0 Å². The lowest BCUT2D eigenvalue weighted by atomic mass is 10.1. The lowest BCUT2D eigenvalue weighted by Crippen LogP contribution is -2.39. The van der Waals surface area contributed by atoms with Gasteiger partial charge in [-0.05, 0) is 37.1 Å². The maximum absolute atomic E-state index is 12.1. The summed E-state index contributed by atoms with van der Waals surface area (Å²) in [6, 6.07) is 9.88. The van der Waals surface area contributed by atoms with E-state index >= 15 is 0 Å². The van der Waals surface area contributed by atoms with Crippen LogP contribution in [-0.4, -0.2) is 27.8 Å². The Bertz CT molecular complexity index is 593. The average Bonchev–Trinajstić information content (AvgIpc) is 3.12. The van der Waals surface area contributed by atoms with Crippen LogP contribution < -0.4 is 16.2 Å². The minimum absolute atomic E-state index is 0.00771. The molecule has 1 aliphatic rings. The second kappa shape index (κ2) is 6.07. The van der Waals surface area contributed by atoms with Gasteiger partial charge in [0, 0.05) is 24.1 Å². The molecule has 0 bridgehead atoms. The van der Waals surface area contributed by atoms with Crippen molar-refractivity contribution in [3.63, 3.8) is 0 Å². The molecule has 2 unspecified atom stereocenters. The normalized spacial score (nSPS) is 21.4. The molecule has 2 aromatic rings. The molecule has 3 N–H and O–H groups in total. The van der Waals surface area contributed by atoms with Gasteiger partial charge in [-0.25, -0.2) is 5.43 Å². The van der Waals surface area contributed by atoms with Crippen molar-refractivity contribution >= 4 is 11.6 Å². The molecule has 2 atom stereocenters. The number of hydrogen-bond donors (Lipinski definition) is 3. The topological polar surface area (TPSA) is 71.0 Å². The Morgan fingerprint density at radius 3 is 2.81 bits per heavy atom. The van der Waals surface area contributed by atoms with Crippen LogP contribution in [-0.2, 0) is 11.3 Å². The van der Waals surface area contributed by atoms with Gasteiger partial charge in [0.1, 0.15) is 6.04 Å². The summed E-state index contributed by atoms with van der Waals surface area (Å²) in [6.45, 7) is 2.77. The smallest absolute Gasteiger partial charge is 0.242 e. The lowest BCUT2D eigenvalue weighted by molar-refractivity contribution is -0.117. The van der Waals surface area contributed by atoms with Gasteiger partial charge in [0.05, 0.1) is 6.54 Å². The number of nitrogens with one attached hydrogen (secondary N) is 3. The van der Waals surface area contributed by atoms with Gasteiger partial charge in [-0.1, -0.05) is 12.1 Å². The van der Waals surface area contributed by atoms with Gasteiger partial charge in [0.25, 0.3) is 0 Å². The molecule has 0 spiro atoms. The number of amides is 1. The molecule has 0 aliphatic carbocycles. The molecular weight excluding hydrogens is 266 g/mol. The highest BCUT2D eigenvalue weighted by Gasteiger charge is 2.26. The van der Waals surface area contributed by atoms with Crippen molar-refractivity contribution in [2.24, 2.45) is 0 Å². The number of anilines is 1. The van der Waals surface area contributed by atoms with Gasteiger partial charge in [-0.2, -0.15) is 5.10 Å². The molecule has 0 radical (unpaired) electrons. The number of benzene rings is 1. The molecule has 1 fully saturated rings. The van der Waals surface area contributed by atoms with Crippen LogP contribution in [0.15, 0.2) is 42.7 Å². The number of hydrogen-bond acceptors (Lipinski definition) is 4. The first-order chi connectivity index (χ1) is 10.2. The standard InChI is InChI=1S/C15H19N5O/c1-11-9-14(19-18-11)15(21)17-13-5-3-12(4-6-13)10-20-8-2-7-16-20/h2-8,11,14,18-19H,9-10H2,1H3,(H,17,21). The second-order valence-corrected chi connectivity index (χ2v) is 5.37. The van der Waals surface area contributed by atoms with E-state index in [1.165, 1.54) is 0 Å². The van der Waals surface area contributed by atoms with E-state index < -0.39 is 0 Å². The molecule has 1 saturated heterocycles. The van der Waals surface area contributed by atoms with E-state index in [-0.39, 0.29) is 11.9 Å². The largest absolute Gasteiger partial charge is 0.325 e. The van der Waals surface area contributed by atoms with Crippen molar-refractivity contribution in [1.82, 2.24) is 20.6 Å². The maximum atomic E-state index is 12.1. The first-order valence-electron chi connectivity index (χ1n) is 7.09. The summed E-state index contributed by atoms with van der Waals surface area (Å²) in [4.78, 5) is 12.1. The Morgan fingerprint density at radius 1 is 1.38 bits per heavy atom. The van der Waals surface area contributed by atoms with Crippen LogP contribution in [0.25, 0.3) is 0 Å². The third kappa shape index (κ3) is 3.48. The maximum Gasteiger partial charge on any atom is 0.242 e. The summed E-state index contributed by atoms with van der Waals surface area (Å²) in [5.41, 5.74) is 8.00. The fourth-order valence-corrected chi connectivity index (χ4v) is 2.39. The third-order valence-electron chi connectivity index (χ3n) is 3.53. The number of hydrazine groups is 1. The summed E-state index contributed by atoms with van der Waals surface area (Å²) in [7, 11) is 0. The lowest BCUT2D eigenvalue weighted by Gasteiger charge is -2.11. The Kier molecular flexibility index (Phi) is 3.98. The number of carbonyl (C=O) groups is 1. The number of nitrogens with zero attached hydrogens (tertiary/aromatic N) is 2. The van der Waals surface area contributed by atoms with Gasteiger partial charge < -0.3 is 5.32 Å². The number of aromatic nitrogens is 2. The van der Waals surface area contributed by atoms with E-state index in [4.69, 9.17) is 0 Å². The first-order valence-corrected chi connectivity index (χ1v) is 7.09. The van der Waals surface area contributed by atoms with Crippen molar-refractivity contribution < 1.29 is 4.79 Å². The van der Waals surface area contributed by atoms with E-state index in [0.29, 0.717) is 6.04 Å². The van der Waals surface area contributed by atoms with Gasteiger partial charge in [0.15, 0.2) is 0 Å². The molecule has 1 aromatic carbocycles. The highest BCUT2D eigenvalue weighted by atomic mass is 16.2. The van der Waals surface area contributed by atoms with Crippen molar-refractivity contribution in [2.45, 2.75) is 32.0 Å². The second-order valence-electron chi connectivity index (χ2n) is 5.37. The van der Waals surface area contributed by atoms with Crippen LogP contribution in [0.5, 0.6) is 0 Å². The Hall–Kier alpha value is -2.18. The Labute approximate surface area is 123 Å². The van der Waals surface area contributed by atoms with Gasteiger partial charge in [-0.15, -0.1) is 0 Å². The molecule has 6 heteroatoms. The SMILES string of the molecule is CC1CC(C(=O)Nc2ccc(Cn3cccn3)cc2)NN1. The van der Waals surface area contributed by atoms with Crippen LogP contribution in [0.4, 0.5) is 5.69 Å². The molecule has 3 rings (SSSR count). The zero-order valence-electron chi connectivity index (χ0n) is 11.9. The summed E-state index contributed by atoms with van der Waals surface area (Å²) >= 11 is 0. The summed E-state index contributed by atoms with van der Waals surface area (Å²) in [5.74, 6) is -0.00771. The first kappa shape index (κ1) is 13.8. The molecular formula is C15H19N5O.